The van der Waals surface area contributed by atoms with Crippen LogP contribution in [0.25, 0.3) is 0 Å². The Hall–Kier alpha value is -1.03. The third-order valence-electron chi connectivity index (χ3n) is 5.82. The van der Waals surface area contributed by atoms with Gasteiger partial charge in [-0.2, -0.15) is 0 Å². The maximum atomic E-state index is 12.0. The van der Waals surface area contributed by atoms with E-state index in [9.17, 15) is 4.79 Å². The number of nitrogens with zero attached hydrogens (tertiary/aromatic N) is 1. The first-order valence-corrected chi connectivity index (χ1v) is 9.42. The molecule has 3 fully saturated rings. The van der Waals surface area contributed by atoms with E-state index in [1.807, 2.05) is 19.1 Å². The van der Waals surface area contributed by atoms with Crippen LogP contribution in [0.5, 0.6) is 0 Å². The average molecular weight is 366 g/mol. The Morgan fingerprint density at radius 3 is 2.92 bits per heavy atom. The molecule has 0 radical (unpaired) electrons. The van der Waals surface area contributed by atoms with Crippen LogP contribution >= 0.6 is 23.2 Å². The van der Waals surface area contributed by atoms with E-state index in [-0.39, 0.29) is 5.97 Å². The number of hydrogen-bond donors (Lipinski definition) is 0. The summed E-state index contributed by atoms with van der Waals surface area (Å²) in [6, 6.07) is 7.14. The lowest BCUT2D eigenvalue weighted by Crippen LogP contribution is -2.40. The number of hydrogen-bond acceptors (Lipinski definition) is 3. The first-order chi connectivity index (χ1) is 11.6. The number of ether oxygens (including phenoxy) is 1. The molecule has 3 nitrogen and oxygen atoms in total. The van der Waals surface area contributed by atoms with Crippen LogP contribution in [0.2, 0.25) is 10.0 Å². The number of carbonyl (C=O) groups is 1. The van der Waals surface area contributed by atoms with Crippen molar-refractivity contribution >= 4 is 29.2 Å². The van der Waals surface area contributed by atoms with Crippen molar-refractivity contribution in [3.8, 4) is 0 Å². The van der Waals surface area contributed by atoms with Gasteiger partial charge in [-0.15, -0.1) is 0 Å². The van der Waals surface area contributed by atoms with E-state index in [1.165, 1.54) is 24.0 Å². The standard InChI is InChI=1S/C19H21Cl2NO2/c1-2-24-18(23)8-12-10-22-13-4-6-17(22)19(12)14(9-13)11-3-5-15(20)16(21)7-11/h3,5,7-8,13-14,17,19H,2,4,6,9-10H2,1H3/t13-,14-,17+,19+/m0/s1. The van der Waals surface area contributed by atoms with E-state index in [4.69, 9.17) is 27.9 Å². The molecular weight excluding hydrogens is 345 g/mol. The lowest BCUT2D eigenvalue weighted by molar-refractivity contribution is -0.137. The molecule has 0 N–H and O–H groups in total. The van der Waals surface area contributed by atoms with Crippen molar-refractivity contribution < 1.29 is 9.53 Å². The fourth-order valence-electron chi connectivity index (χ4n) is 4.94. The molecule has 0 amide bonds. The monoisotopic (exact) mass is 365 g/mol. The molecule has 0 saturated carbocycles. The summed E-state index contributed by atoms with van der Waals surface area (Å²) in [5, 5.41) is 1.20. The molecule has 3 saturated heterocycles. The molecule has 128 valence electrons. The summed E-state index contributed by atoms with van der Waals surface area (Å²) in [5.41, 5.74) is 2.46. The van der Waals surface area contributed by atoms with Gasteiger partial charge in [-0.25, -0.2) is 4.79 Å². The van der Waals surface area contributed by atoms with Gasteiger partial charge in [-0.3, -0.25) is 4.90 Å². The van der Waals surface area contributed by atoms with E-state index < -0.39 is 0 Å². The minimum Gasteiger partial charge on any atom is -0.463 e. The first kappa shape index (κ1) is 16.4. The van der Waals surface area contributed by atoms with Gasteiger partial charge < -0.3 is 4.74 Å². The third-order valence-corrected chi connectivity index (χ3v) is 6.56. The predicted molar refractivity (Wildman–Crippen MR) is 95.5 cm³/mol. The van der Waals surface area contributed by atoms with Gasteiger partial charge in [0.25, 0.3) is 0 Å². The Morgan fingerprint density at radius 2 is 2.17 bits per heavy atom. The van der Waals surface area contributed by atoms with Crippen LogP contribution < -0.4 is 0 Å². The Labute approximate surface area is 152 Å². The topological polar surface area (TPSA) is 29.5 Å². The Balaban J connectivity index is 1.70. The molecule has 0 aromatic heterocycles. The maximum absolute atomic E-state index is 12.0. The Morgan fingerprint density at radius 1 is 1.33 bits per heavy atom. The zero-order valence-electron chi connectivity index (χ0n) is 13.7. The molecule has 5 atom stereocenters. The molecule has 1 aromatic rings. The van der Waals surface area contributed by atoms with Gasteiger partial charge in [-0.1, -0.05) is 29.3 Å². The molecule has 4 bridgehead atoms. The summed E-state index contributed by atoms with van der Waals surface area (Å²) in [4.78, 5) is 14.6. The van der Waals surface area contributed by atoms with Crippen molar-refractivity contribution in [2.75, 3.05) is 13.2 Å². The highest BCUT2D eigenvalue weighted by molar-refractivity contribution is 6.42. The summed E-state index contributed by atoms with van der Waals surface area (Å²) in [6.07, 6.45) is 5.33. The predicted octanol–water partition coefficient (Wildman–Crippen LogP) is 4.43. The summed E-state index contributed by atoms with van der Waals surface area (Å²) >= 11 is 12.3. The van der Waals surface area contributed by atoms with Crippen molar-refractivity contribution in [3.05, 3.63) is 45.5 Å². The van der Waals surface area contributed by atoms with Crippen LogP contribution in [0.4, 0.5) is 0 Å². The number of benzene rings is 1. The number of carbonyl (C=O) groups excluding carboxylic acids is 1. The zero-order valence-corrected chi connectivity index (χ0v) is 15.2. The minimum atomic E-state index is -0.218. The molecule has 1 unspecified atom stereocenters. The Bertz CT molecular complexity index is 703. The molecule has 3 aliphatic rings. The SMILES string of the molecule is CCOC(=O)C=C1CN2[C@H]3CC[C@@H]2[C@H]1[C@H](c1ccc(Cl)c(Cl)c1)C3. The normalized spacial score (nSPS) is 35.5. The van der Waals surface area contributed by atoms with Gasteiger partial charge >= 0.3 is 5.97 Å². The fourth-order valence-corrected chi connectivity index (χ4v) is 5.25. The molecule has 1 aromatic carbocycles. The van der Waals surface area contributed by atoms with E-state index in [0.717, 1.165) is 13.0 Å². The van der Waals surface area contributed by atoms with E-state index in [0.29, 0.717) is 40.6 Å². The average Bonchev–Trinajstić information content (AvgIpc) is 2.95. The highest BCUT2D eigenvalue weighted by atomic mass is 35.5. The van der Waals surface area contributed by atoms with Crippen molar-refractivity contribution in [2.45, 2.75) is 44.2 Å². The van der Waals surface area contributed by atoms with Crippen LogP contribution in [0.1, 0.15) is 37.7 Å². The van der Waals surface area contributed by atoms with Crippen molar-refractivity contribution in [1.29, 1.82) is 0 Å². The molecule has 0 spiro atoms. The Kier molecular flexibility index (Phi) is 4.36. The summed E-state index contributed by atoms with van der Waals surface area (Å²) in [7, 11) is 0. The number of halogens is 2. The second-order valence-corrected chi connectivity index (χ2v) is 7.80. The van der Waals surface area contributed by atoms with Gasteiger partial charge in [0.05, 0.1) is 16.7 Å². The smallest absolute Gasteiger partial charge is 0.330 e. The zero-order chi connectivity index (χ0) is 16.8. The molecule has 4 rings (SSSR count). The number of piperidine rings is 1. The second kappa shape index (κ2) is 6.36. The second-order valence-electron chi connectivity index (χ2n) is 6.98. The first-order valence-electron chi connectivity index (χ1n) is 8.66. The van der Waals surface area contributed by atoms with Crippen molar-refractivity contribution in [3.63, 3.8) is 0 Å². The molecule has 3 heterocycles. The molecule has 24 heavy (non-hydrogen) atoms. The van der Waals surface area contributed by atoms with Crippen LogP contribution in [-0.2, 0) is 9.53 Å². The van der Waals surface area contributed by atoms with Crippen LogP contribution in [-0.4, -0.2) is 36.1 Å². The third kappa shape index (κ3) is 2.67. The number of rotatable bonds is 3. The van der Waals surface area contributed by atoms with E-state index in [1.54, 1.807) is 6.08 Å². The number of esters is 1. The highest BCUT2D eigenvalue weighted by Gasteiger charge is 2.53. The van der Waals surface area contributed by atoms with Gasteiger partial charge in [0.2, 0.25) is 0 Å². The van der Waals surface area contributed by atoms with Gasteiger partial charge in [-0.05, 0) is 55.4 Å². The van der Waals surface area contributed by atoms with Gasteiger partial charge in [0.15, 0.2) is 0 Å². The van der Waals surface area contributed by atoms with Crippen LogP contribution in [0.15, 0.2) is 29.8 Å². The molecular formula is C19H21Cl2NO2. The van der Waals surface area contributed by atoms with Gasteiger partial charge in [0, 0.05) is 30.6 Å². The summed E-state index contributed by atoms with van der Waals surface area (Å²) in [5.74, 6) is 0.562. The van der Waals surface area contributed by atoms with Crippen LogP contribution in [0.3, 0.4) is 0 Å². The van der Waals surface area contributed by atoms with Gasteiger partial charge in [0.1, 0.15) is 0 Å². The fraction of sp³-hybridized carbons (Fsp3) is 0.526. The van der Waals surface area contributed by atoms with E-state index in [2.05, 4.69) is 11.0 Å². The highest BCUT2D eigenvalue weighted by Crippen LogP contribution is 2.54. The quantitative estimate of drug-likeness (QED) is 0.585. The van der Waals surface area contributed by atoms with Crippen molar-refractivity contribution in [1.82, 2.24) is 4.90 Å². The summed E-state index contributed by atoms with van der Waals surface area (Å²) < 4.78 is 5.14. The molecule has 5 heteroatoms. The summed E-state index contributed by atoms with van der Waals surface area (Å²) in [6.45, 7) is 3.16. The molecule has 3 aliphatic heterocycles. The molecule has 0 aliphatic carbocycles. The minimum absolute atomic E-state index is 0.218. The van der Waals surface area contributed by atoms with Crippen LogP contribution in [0, 0.1) is 5.92 Å². The van der Waals surface area contributed by atoms with E-state index >= 15 is 0 Å². The largest absolute Gasteiger partial charge is 0.463 e. The maximum Gasteiger partial charge on any atom is 0.330 e. The lowest BCUT2D eigenvalue weighted by Gasteiger charge is -2.37. The lowest BCUT2D eigenvalue weighted by atomic mass is 9.76. The van der Waals surface area contributed by atoms with Crippen molar-refractivity contribution in [2.24, 2.45) is 5.92 Å².